The fourth-order valence-electron chi connectivity index (χ4n) is 2.20. The van der Waals surface area contributed by atoms with Gasteiger partial charge in [0.25, 0.3) is 0 Å². The Labute approximate surface area is 134 Å². The highest BCUT2D eigenvalue weighted by atomic mass is 16.5. The second-order valence-corrected chi connectivity index (χ2v) is 5.59. The number of rotatable bonds is 7. The Kier molecular flexibility index (Phi) is 6.08. The van der Waals surface area contributed by atoms with Gasteiger partial charge in [0.05, 0.1) is 0 Å². The van der Waals surface area contributed by atoms with E-state index in [9.17, 15) is 0 Å². The van der Waals surface area contributed by atoms with Crippen LogP contribution in [-0.4, -0.2) is 13.1 Å². The maximum atomic E-state index is 5.83. The summed E-state index contributed by atoms with van der Waals surface area (Å²) in [5, 5.41) is 0. The van der Waals surface area contributed by atoms with E-state index in [-0.39, 0.29) is 0 Å². The summed E-state index contributed by atoms with van der Waals surface area (Å²) >= 11 is 0. The average molecular weight is 295 g/mol. The molecule has 0 unspecified atom stereocenters. The Bertz CT molecular complexity index is 583. The van der Waals surface area contributed by atoms with Gasteiger partial charge in [0.2, 0.25) is 0 Å². The predicted octanol–water partition coefficient (Wildman–Crippen LogP) is 5.06. The molecule has 0 aliphatic carbocycles. The Morgan fingerprint density at radius 2 is 1.68 bits per heavy atom. The van der Waals surface area contributed by atoms with Gasteiger partial charge in [-0.05, 0) is 50.6 Å². The molecule has 0 fully saturated rings. The van der Waals surface area contributed by atoms with Gasteiger partial charge in [-0.3, -0.25) is 0 Å². The van der Waals surface area contributed by atoms with Crippen molar-refractivity contribution >= 4 is 5.69 Å². The summed E-state index contributed by atoms with van der Waals surface area (Å²) < 4.78 is 5.83. The van der Waals surface area contributed by atoms with Crippen LogP contribution in [0.2, 0.25) is 0 Å². The Hall–Kier alpha value is -2.22. The minimum Gasteiger partial charge on any atom is -0.489 e. The zero-order chi connectivity index (χ0) is 15.8. The third-order valence-corrected chi connectivity index (χ3v) is 3.55. The standard InChI is InChI=1S/C20H25NO/c1-4-21(15-14-17(2)3)19-10-12-20(13-11-19)22-16-18-8-6-5-7-9-18/h5-14H,4,15-16H2,1-3H3. The van der Waals surface area contributed by atoms with Crippen molar-refractivity contribution in [2.24, 2.45) is 0 Å². The van der Waals surface area contributed by atoms with Crippen molar-refractivity contribution in [1.82, 2.24) is 0 Å². The van der Waals surface area contributed by atoms with Crippen molar-refractivity contribution in [2.45, 2.75) is 27.4 Å². The molecule has 0 saturated carbocycles. The summed E-state index contributed by atoms with van der Waals surface area (Å²) in [4.78, 5) is 2.34. The number of anilines is 1. The lowest BCUT2D eigenvalue weighted by molar-refractivity contribution is 0.306. The van der Waals surface area contributed by atoms with Crippen LogP contribution in [0.25, 0.3) is 0 Å². The molecule has 0 N–H and O–H groups in total. The van der Waals surface area contributed by atoms with Crippen LogP contribution >= 0.6 is 0 Å². The van der Waals surface area contributed by atoms with Crippen molar-refractivity contribution in [3.05, 3.63) is 71.8 Å². The Morgan fingerprint density at radius 1 is 1.00 bits per heavy atom. The molecule has 2 heteroatoms. The van der Waals surface area contributed by atoms with Crippen LogP contribution in [0.1, 0.15) is 26.3 Å². The van der Waals surface area contributed by atoms with Gasteiger partial charge in [0.1, 0.15) is 12.4 Å². The fraction of sp³-hybridized carbons (Fsp3) is 0.300. The monoisotopic (exact) mass is 295 g/mol. The molecule has 0 bridgehead atoms. The van der Waals surface area contributed by atoms with Crippen LogP contribution in [-0.2, 0) is 6.61 Å². The van der Waals surface area contributed by atoms with Crippen molar-refractivity contribution < 1.29 is 4.74 Å². The molecule has 116 valence electrons. The molecule has 0 radical (unpaired) electrons. The number of benzene rings is 2. The first kappa shape index (κ1) is 16.2. The maximum Gasteiger partial charge on any atom is 0.119 e. The lowest BCUT2D eigenvalue weighted by Gasteiger charge is -2.22. The molecule has 0 aliphatic heterocycles. The van der Waals surface area contributed by atoms with Gasteiger partial charge in [0.15, 0.2) is 0 Å². The second-order valence-electron chi connectivity index (χ2n) is 5.59. The van der Waals surface area contributed by atoms with E-state index in [0.717, 1.165) is 18.8 Å². The predicted molar refractivity (Wildman–Crippen MR) is 94.5 cm³/mol. The molecule has 0 saturated heterocycles. The average Bonchev–Trinajstić information content (AvgIpc) is 2.55. The van der Waals surface area contributed by atoms with Gasteiger partial charge in [-0.25, -0.2) is 0 Å². The third-order valence-electron chi connectivity index (χ3n) is 3.55. The fourth-order valence-corrected chi connectivity index (χ4v) is 2.20. The molecule has 2 aromatic carbocycles. The molecule has 0 aliphatic rings. The van der Waals surface area contributed by atoms with E-state index in [0.29, 0.717) is 6.61 Å². The van der Waals surface area contributed by atoms with Crippen molar-refractivity contribution in [3.8, 4) is 5.75 Å². The first-order chi connectivity index (χ1) is 10.7. The summed E-state index contributed by atoms with van der Waals surface area (Å²) in [6.45, 7) is 8.99. The van der Waals surface area contributed by atoms with Crippen molar-refractivity contribution in [3.63, 3.8) is 0 Å². The highest BCUT2D eigenvalue weighted by molar-refractivity contribution is 5.49. The van der Waals surface area contributed by atoms with E-state index in [1.54, 1.807) is 0 Å². The zero-order valence-electron chi connectivity index (χ0n) is 13.8. The molecule has 22 heavy (non-hydrogen) atoms. The molecule has 0 aromatic heterocycles. The SMILES string of the molecule is CCN(CC=C(C)C)c1ccc(OCc2ccccc2)cc1. The molecule has 0 amide bonds. The van der Waals surface area contributed by atoms with E-state index in [1.807, 2.05) is 30.3 Å². The molecule has 2 nitrogen and oxygen atoms in total. The number of allylic oxidation sites excluding steroid dienone is 1. The molecular weight excluding hydrogens is 270 g/mol. The topological polar surface area (TPSA) is 12.5 Å². The van der Waals surface area contributed by atoms with Gasteiger partial charge in [-0.15, -0.1) is 0 Å². The summed E-state index contributed by atoms with van der Waals surface area (Å²) in [5.41, 5.74) is 3.76. The molecular formula is C20H25NO. The maximum absolute atomic E-state index is 5.83. The van der Waals surface area contributed by atoms with Crippen LogP contribution in [0.5, 0.6) is 5.75 Å². The lowest BCUT2D eigenvalue weighted by Crippen LogP contribution is -2.22. The molecule has 0 spiro atoms. The highest BCUT2D eigenvalue weighted by Gasteiger charge is 2.03. The number of nitrogens with zero attached hydrogens (tertiary/aromatic N) is 1. The Morgan fingerprint density at radius 3 is 2.27 bits per heavy atom. The van der Waals surface area contributed by atoms with Gasteiger partial charge in [-0.1, -0.05) is 42.0 Å². The van der Waals surface area contributed by atoms with Gasteiger partial charge in [-0.2, -0.15) is 0 Å². The normalized spacial score (nSPS) is 10.1. The number of hydrogen-bond donors (Lipinski definition) is 0. The quantitative estimate of drug-likeness (QED) is 0.662. The van der Waals surface area contributed by atoms with Crippen LogP contribution in [0.15, 0.2) is 66.2 Å². The molecule has 2 aromatic rings. The van der Waals surface area contributed by atoms with Crippen LogP contribution in [0.3, 0.4) is 0 Å². The largest absolute Gasteiger partial charge is 0.489 e. The van der Waals surface area contributed by atoms with Gasteiger partial charge in [0, 0.05) is 18.8 Å². The smallest absolute Gasteiger partial charge is 0.119 e. The number of likely N-dealkylation sites (N-methyl/N-ethyl adjacent to an activating group) is 1. The van der Waals surface area contributed by atoms with Crippen LogP contribution in [0, 0.1) is 0 Å². The molecule has 2 rings (SSSR count). The van der Waals surface area contributed by atoms with Crippen molar-refractivity contribution in [2.75, 3.05) is 18.0 Å². The van der Waals surface area contributed by atoms with Crippen LogP contribution in [0.4, 0.5) is 5.69 Å². The first-order valence-corrected chi connectivity index (χ1v) is 7.84. The summed E-state index contributed by atoms with van der Waals surface area (Å²) in [7, 11) is 0. The number of hydrogen-bond acceptors (Lipinski definition) is 2. The molecule has 0 heterocycles. The van der Waals surface area contributed by atoms with E-state index in [4.69, 9.17) is 4.74 Å². The number of ether oxygens (including phenoxy) is 1. The second kappa shape index (κ2) is 8.28. The van der Waals surface area contributed by atoms with E-state index in [2.05, 4.69) is 56.0 Å². The lowest BCUT2D eigenvalue weighted by atomic mass is 10.2. The van der Waals surface area contributed by atoms with E-state index >= 15 is 0 Å². The van der Waals surface area contributed by atoms with Gasteiger partial charge >= 0.3 is 0 Å². The Balaban J connectivity index is 1.95. The summed E-state index contributed by atoms with van der Waals surface area (Å²) in [6.07, 6.45) is 2.25. The summed E-state index contributed by atoms with van der Waals surface area (Å²) in [6, 6.07) is 18.6. The van der Waals surface area contributed by atoms with Crippen LogP contribution < -0.4 is 9.64 Å². The first-order valence-electron chi connectivity index (χ1n) is 7.84. The minimum atomic E-state index is 0.607. The molecule has 0 atom stereocenters. The van der Waals surface area contributed by atoms with E-state index in [1.165, 1.54) is 16.8 Å². The third kappa shape index (κ3) is 4.96. The highest BCUT2D eigenvalue weighted by Crippen LogP contribution is 2.20. The van der Waals surface area contributed by atoms with Crippen molar-refractivity contribution in [1.29, 1.82) is 0 Å². The zero-order valence-corrected chi connectivity index (χ0v) is 13.8. The van der Waals surface area contributed by atoms with E-state index < -0.39 is 0 Å². The summed E-state index contributed by atoms with van der Waals surface area (Å²) in [5.74, 6) is 0.908. The van der Waals surface area contributed by atoms with Gasteiger partial charge < -0.3 is 9.64 Å². The minimum absolute atomic E-state index is 0.607.